The van der Waals surface area contributed by atoms with E-state index < -0.39 is 0 Å². The third kappa shape index (κ3) is 5.41. The molecular weight excluding hydrogens is 576 g/mol. The fraction of sp³-hybridized carbons (Fsp3) is 0.139. The van der Waals surface area contributed by atoms with E-state index in [0.717, 1.165) is 56.2 Å². The van der Waals surface area contributed by atoms with Gasteiger partial charge in [-0.25, -0.2) is 9.89 Å². The van der Waals surface area contributed by atoms with Crippen LogP contribution >= 0.6 is 0 Å². The zero-order chi connectivity index (χ0) is 31.8. The Kier molecular flexibility index (Phi) is 7.38. The second-order valence-electron chi connectivity index (χ2n) is 11.3. The molecule has 228 valence electrons. The number of aromatic nitrogens is 7. The summed E-state index contributed by atoms with van der Waals surface area (Å²) in [4.78, 5) is 23.4. The first-order valence-corrected chi connectivity index (χ1v) is 15.0. The first kappa shape index (κ1) is 28.7. The van der Waals surface area contributed by atoms with Crippen molar-refractivity contribution in [1.82, 2.24) is 29.5 Å². The minimum absolute atomic E-state index is 0.0906. The lowest BCUT2D eigenvalue weighted by Gasteiger charge is -2.10. The van der Waals surface area contributed by atoms with Crippen LogP contribution in [0.5, 0.6) is 5.75 Å². The molecule has 0 saturated carbocycles. The van der Waals surface area contributed by atoms with E-state index >= 15 is 0 Å². The number of anilines is 1. The van der Waals surface area contributed by atoms with Crippen LogP contribution in [0.4, 0.5) is 5.95 Å². The molecule has 0 atom stereocenters. The van der Waals surface area contributed by atoms with Crippen LogP contribution in [-0.2, 0) is 13.1 Å². The van der Waals surface area contributed by atoms with Crippen LogP contribution in [0.25, 0.3) is 39.3 Å². The molecule has 10 nitrogen and oxygen atoms in total. The van der Waals surface area contributed by atoms with E-state index in [0.29, 0.717) is 17.9 Å². The van der Waals surface area contributed by atoms with Gasteiger partial charge in [-0.3, -0.25) is 9.67 Å². The molecule has 0 unspecified atom stereocenters. The second kappa shape index (κ2) is 11.8. The molecule has 4 heterocycles. The Bertz CT molecular complexity index is 2230. The first-order valence-electron chi connectivity index (χ1n) is 15.0. The maximum Gasteiger partial charge on any atom is 0.428 e. The Balaban J connectivity index is 1.41. The normalized spacial score (nSPS) is 11.3. The summed E-state index contributed by atoms with van der Waals surface area (Å²) < 4.78 is 10.4. The molecule has 0 bridgehead atoms. The smallest absolute Gasteiger partial charge is 0.428 e. The van der Waals surface area contributed by atoms with Crippen molar-refractivity contribution in [3.63, 3.8) is 0 Å². The Morgan fingerprint density at radius 1 is 0.804 bits per heavy atom. The molecule has 0 aliphatic rings. The number of aryl methyl sites for hydroxylation is 2. The summed E-state index contributed by atoms with van der Waals surface area (Å²) in [5.41, 5.74) is 15.3. The zero-order valence-electron chi connectivity index (χ0n) is 25.8. The van der Waals surface area contributed by atoms with Crippen molar-refractivity contribution in [3.05, 3.63) is 136 Å². The van der Waals surface area contributed by atoms with Crippen molar-refractivity contribution in [2.45, 2.75) is 26.9 Å². The van der Waals surface area contributed by atoms with Gasteiger partial charge in [0, 0.05) is 34.3 Å². The number of nitrogens with one attached hydrogen (secondary N) is 1. The molecule has 0 spiro atoms. The number of pyridine rings is 1. The number of nitrogens with two attached hydrogens (primary N) is 1. The maximum atomic E-state index is 14.1. The van der Waals surface area contributed by atoms with Crippen LogP contribution in [0.1, 0.15) is 22.5 Å². The van der Waals surface area contributed by atoms with E-state index in [2.05, 4.69) is 22.2 Å². The van der Waals surface area contributed by atoms with Crippen molar-refractivity contribution in [1.29, 1.82) is 0 Å². The van der Waals surface area contributed by atoms with Crippen LogP contribution in [0.15, 0.2) is 108 Å². The predicted octanol–water partition coefficient (Wildman–Crippen LogP) is 5.21. The van der Waals surface area contributed by atoms with Crippen LogP contribution in [0, 0.1) is 13.8 Å². The highest BCUT2D eigenvalue weighted by Crippen LogP contribution is 2.33. The summed E-state index contributed by atoms with van der Waals surface area (Å²) in [5, 5.41) is 8.36. The van der Waals surface area contributed by atoms with Gasteiger partial charge in [0.1, 0.15) is 18.0 Å². The second-order valence-corrected chi connectivity index (χ2v) is 11.3. The van der Waals surface area contributed by atoms with Crippen molar-refractivity contribution in [3.8, 4) is 39.4 Å². The number of aromatic amines is 1. The van der Waals surface area contributed by atoms with E-state index in [4.69, 9.17) is 20.6 Å². The Morgan fingerprint density at radius 3 is 2.22 bits per heavy atom. The molecule has 0 saturated heterocycles. The summed E-state index contributed by atoms with van der Waals surface area (Å²) >= 11 is 0. The molecule has 46 heavy (non-hydrogen) atoms. The van der Waals surface area contributed by atoms with Crippen LogP contribution in [0.3, 0.4) is 0 Å². The molecule has 0 fully saturated rings. The Labute approximate surface area is 265 Å². The van der Waals surface area contributed by atoms with Crippen molar-refractivity contribution >= 4 is 11.6 Å². The largest absolute Gasteiger partial charge is 0.497 e. The molecule has 7 aromatic rings. The number of H-pyrrole nitrogens is 1. The van der Waals surface area contributed by atoms with Gasteiger partial charge in [-0.2, -0.15) is 9.78 Å². The minimum atomic E-state index is -0.337. The fourth-order valence-corrected chi connectivity index (χ4v) is 5.93. The lowest BCUT2D eigenvalue weighted by atomic mass is 9.99. The summed E-state index contributed by atoms with van der Waals surface area (Å²) in [6, 6.07) is 31.7. The van der Waals surface area contributed by atoms with Crippen molar-refractivity contribution in [2.75, 3.05) is 12.8 Å². The highest BCUT2D eigenvalue weighted by atomic mass is 16.5. The van der Waals surface area contributed by atoms with E-state index in [-0.39, 0.29) is 18.2 Å². The molecule has 0 aliphatic carbocycles. The van der Waals surface area contributed by atoms with Gasteiger partial charge < -0.3 is 10.5 Å². The van der Waals surface area contributed by atoms with Crippen LogP contribution in [-0.4, -0.2) is 36.6 Å². The average Bonchev–Trinajstić information content (AvgIpc) is 3.61. The molecule has 7 rings (SSSR count). The van der Waals surface area contributed by atoms with Crippen molar-refractivity contribution < 1.29 is 9.14 Å². The number of fused-ring (bicyclic) bond motifs is 1. The van der Waals surface area contributed by atoms with Crippen LogP contribution < -0.4 is 20.6 Å². The number of hydrogen-bond donors (Lipinski definition) is 2. The summed E-state index contributed by atoms with van der Waals surface area (Å²) in [6.07, 6.45) is 1.98. The predicted molar refractivity (Wildman–Crippen MR) is 177 cm³/mol. The monoisotopic (exact) mass is 609 g/mol. The number of benzene rings is 3. The molecule has 3 N–H and O–H groups in total. The summed E-state index contributed by atoms with van der Waals surface area (Å²) in [7, 11) is 1.64. The first-order chi connectivity index (χ1) is 22.4. The molecule has 10 heteroatoms. The van der Waals surface area contributed by atoms with E-state index in [1.54, 1.807) is 11.8 Å². The van der Waals surface area contributed by atoms with Gasteiger partial charge in [0.2, 0.25) is 5.65 Å². The third-order valence-electron chi connectivity index (χ3n) is 7.93. The number of nitrogens with zero attached hydrogens (tertiary/aromatic N) is 6. The highest BCUT2D eigenvalue weighted by molar-refractivity contribution is 5.88. The van der Waals surface area contributed by atoms with Gasteiger partial charge in [0.25, 0.3) is 0 Å². The van der Waals surface area contributed by atoms with E-state index in [9.17, 15) is 4.79 Å². The standard InChI is InChI=1S/C36H32N8O2/c1-23-17-28(18-24(2)38-23)31-33(26-13-8-5-9-14-26)39-35(37)44-34(31)41-43(36(44)45)22-29-21-42(20-25-11-6-4-7-12-25)40-32(29)27-15-10-16-30(19-27)46-3/h4-19,21H,20,22H2,1-3H3,(H2,37,38,39,41)/p+1. The molecule has 0 radical (unpaired) electrons. The molecule has 0 aliphatic heterocycles. The lowest BCUT2D eigenvalue weighted by molar-refractivity contribution is -0.516. The molecule has 4 aromatic heterocycles. The average molecular weight is 610 g/mol. The van der Waals surface area contributed by atoms with Gasteiger partial charge in [0.05, 0.1) is 24.9 Å². The number of methoxy groups -OCH3 is 1. The maximum absolute atomic E-state index is 14.1. The summed E-state index contributed by atoms with van der Waals surface area (Å²) in [5.74, 6) is 0.812. The summed E-state index contributed by atoms with van der Waals surface area (Å²) in [6.45, 7) is 4.70. The number of nitrogen functional groups attached to an aromatic ring is 1. The molecule has 0 amide bonds. The number of rotatable bonds is 8. The minimum Gasteiger partial charge on any atom is -0.497 e. The third-order valence-corrected chi connectivity index (χ3v) is 7.93. The number of ether oxygens (including phenoxy) is 1. The SMILES string of the molecule is COc1cccc(-c2nn(Cc3ccccc3)cc2Cn2[nH]c3c(-c4cc(C)nc(C)c4)c(-c4ccccc4)nc(N)[n+]3c2=O)c1. The highest BCUT2D eigenvalue weighted by Gasteiger charge is 2.27. The molecular formula is C36H33N8O2+. The lowest BCUT2D eigenvalue weighted by Crippen LogP contribution is -2.44. The van der Waals surface area contributed by atoms with Crippen molar-refractivity contribution in [2.24, 2.45) is 0 Å². The number of hydrogen-bond acceptors (Lipinski definition) is 6. The van der Waals surface area contributed by atoms with Gasteiger partial charge in [0.15, 0.2) is 0 Å². The Hall–Kier alpha value is -6.03. The quantitative estimate of drug-likeness (QED) is 0.228. The van der Waals surface area contributed by atoms with Gasteiger partial charge >= 0.3 is 11.6 Å². The van der Waals surface area contributed by atoms with E-state index in [1.807, 2.05) is 110 Å². The van der Waals surface area contributed by atoms with E-state index in [1.165, 1.54) is 4.40 Å². The van der Waals surface area contributed by atoms with Gasteiger partial charge in [-0.05, 0) is 49.2 Å². The fourth-order valence-electron chi connectivity index (χ4n) is 5.93. The Morgan fingerprint density at radius 2 is 1.50 bits per heavy atom. The molecule has 3 aromatic carbocycles. The van der Waals surface area contributed by atoms with Gasteiger partial charge in [-0.15, -0.1) is 9.38 Å². The topological polar surface area (TPSA) is 121 Å². The van der Waals surface area contributed by atoms with Gasteiger partial charge in [-0.1, -0.05) is 72.8 Å². The zero-order valence-corrected chi connectivity index (χ0v) is 25.8. The van der Waals surface area contributed by atoms with Crippen LogP contribution in [0.2, 0.25) is 0 Å².